The van der Waals surface area contributed by atoms with Gasteiger partial charge in [0.15, 0.2) is 10.8 Å². The Bertz CT molecular complexity index is 655. The number of nitrogens with zero attached hydrogens (tertiary/aromatic N) is 2. The molecule has 1 amide bonds. The van der Waals surface area contributed by atoms with E-state index >= 15 is 0 Å². The van der Waals surface area contributed by atoms with Crippen LogP contribution in [0.4, 0.5) is 10.5 Å². The molecular formula is C17H25ClN4O4. The molecule has 26 heavy (non-hydrogen) atoms. The number of methoxy groups -OCH3 is 1. The first kappa shape index (κ1) is 20.2. The molecule has 144 valence electrons. The Morgan fingerprint density at radius 2 is 1.77 bits per heavy atom. The minimum Gasteiger partial charge on any atom is -0.464 e. The molecule has 2 N–H and O–H groups in total. The molecule has 0 saturated heterocycles. The summed E-state index contributed by atoms with van der Waals surface area (Å²) < 4.78 is 10.0. The number of rotatable bonds is 4. The molecule has 0 radical (unpaired) electrons. The first-order valence-electron chi connectivity index (χ1n) is 8.55. The summed E-state index contributed by atoms with van der Waals surface area (Å²) in [6.45, 7) is 5.50. The van der Waals surface area contributed by atoms with E-state index in [0.717, 1.165) is 25.7 Å². The zero-order valence-electron chi connectivity index (χ0n) is 15.5. The van der Waals surface area contributed by atoms with Crippen LogP contribution in [0.15, 0.2) is 6.07 Å². The smallest absolute Gasteiger partial charge is 0.407 e. The van der Waals surface area contributed by atoms with Crippen molar-refractivity contribution < 1.29 is 19.1 Å². The molecule has 1 saturated carbocycles. The number of carbonyl (C=O) groups excluding carboxylic acids is 2. The number of esters is 1. The third-order valence-corrected chi connectivity index (χ3v) is 4.14. The fraction of sp³-hybridized carbons (Fsp3) is 0.647. The maximum Gasteiger partial charge on any atom is 0.407 e. The van der Waals surface area contributed by atoms with Crippen LogP contribution in [-0.4, -0.2) is 47.1 Å². The van der Waals surface area contributed by atoms with Crippen LogP contribution in [0.3, 0.4) is 0 Å². The van der Waals surface area contributed by atoms with Gasteiger partial charge in [-0.05, 0) is 46.5 Å². The Hall–Kier alpha value is -2.09. The van der Waals surface area contributed by atoms with Gasteiger partial charge in [0.25, 0.3) is 0 Å². The van der Waals surface area contributed by atoms with Crippen LogP contribution >= 0.6 is 11.6 Å². The molecule has 9 heteroatoms. The lowest BCUT2D eigenvalue weighted by Gasteiger charge is -2.31. The van der Waals surface area contributed by atoms with E-state index in [4.69, 9.17) is 21.1 Å². The summed E-state index contributed by atoms with van der Waals surface area (Å²) in [6, 6.07) is 1.77. The standard InChI is InChI=1S/C17H25ClN4O4/c1-17(2,3)26-16(24)20-11-7-5-10(6-8-11)19-12-9-13(18)21-22-14(12)15(23)25-4/h9-11H,5-8H2,1-4H3,(H,19,21)(H,20,24). The largest absolute Gasteiger partial charge is 0.464 e. The number of anilines is 1. The van der Waals surface area contributed by atoms with Gasteiger partial charge in [0.1, 0.15) is 5.60 Å². The molecular weight excluding hydrogens is 360 g/mol. The van der Waals surface area contributed by atoms with Crippen LogP contribution in [0.1, 0.15) is 56.9 Å². The van der Waals surface area contributed by atoms with Crippen LogP contribution in [0.25, 0.3) is 0 Å². The molecule has 1 heterocycles. The Labute approximate surface area is 158 Å². The van der Waals surface area contributed by atoms with Crippen molar-refractivity contribution in [2.45, 2.75) is 64.1 Å². The monoisotopic (exact) mass is 384 g/mol. The molecule has 0 aliphatic heterocycles. The molecule has 2 rings (SSSR count). The van der Waals surface area contributed by atoms with Crippen molar-refractivity contribution in [1.82, 2.24) is 15.5 Å². The highest BCUT2D eigenvalue weighted by Gasteiger charge is 2.26. The minimum absolute atomic E-state index is 0.0714. The number of ether oxygens (including phenoxy) is 2. The molecule has 8 nitrogen and oxygen atoms in total. The predicted molar refractivity (Wildman–Crippen MR) is 97.4 cm³/mol. The number of alkyl carbamates (subject to hydrolysis) is 1. The predicted octanol–water partition coefficient (Wildman–Crippen LogP) is 3.16. The third-order valence-electron chi connectivity index (χ3n) is 3.95. The fourth-order valence-electron chi connectivity index (χ4n) is 2.80. The summed E-state index contributed by atoms with van der Waals surface area (Å²) in [5, 5.41) is 13.9. The van der Waals surface area contributed by atoms with Crippen molar-refractivity contribution in [3.8, 4) is 0 Å². The average Bonchev–Trinajstić information content (AvgIpc) is 2.54. The van der Waals surface area contributed by atoms with E-state index in [1.54, 1.807) is 6.07 Å². The highest BCUT2D eigenvalue weighted by Crippen LogP contribution is 2.25. The molecule has 0 bridgehead atoms. The number of carbonyl (C=O) groups is 2. The van der Waals surface area contributed by atoms with Gasteiger partial charge in [-0.25, -0.2) is 9.59 Å². The lowest BCUT2D eigenvalue weighted by Crippen LogP contribution is -2.42. The zero-order valence-corrected chi connectivity index (χ0v) is 16.2. The van der Waals surface area contributed by atoms with Crippen molar-refractivity contribution >= 4 is 29.4 Å². The van der Waals surface area contributed by atoms with Crippen molar-refractivity contribution in [1.29, 1.82) is 0 Å². The lowest BCUT2D eigenvalue weighted by atomic mass is 9.91. The second-order valence-electron chi connectivity index (χ2n) is 7.26. The van der Waals surface area contributed by atoms with Gasteiger partial charge in [0.2, 0.25) is 0 Å². The first-order valence-corrected chi connectivity index (χ1v) is 8.93. The van der Waals surface area contributed by atoms with Gasteiger partial charge in [-0.2, -0.15) is 0 Å². The van der Waals surface area contributed by atoms with Crippen molar-refractivity contribution in [2.75, 3.05) is 12.4 Å². The van der Waals surface area contributed by atoms with Gasteiger partial charge in [-0.15, -0.1) is 10.2 Å². The molecule has 1 aromatic heterocycles. The van der Waals surface area contributed by atoms with Gasteiger partial charge < -0.3 is 20.1 Å². The van der Waals surface area contributed by atoms with Gasteiger partial charge in [0, 0.05) is 18.2 Å². The van der Waals surface area contributed by atoms with E-state index in [1.807, 2.05) is 20.8 Å². The van der Waals surface area contributed by atoms with E-state index in [-0.39, 0.29) is 22.9 Å². The number of hydrogen-bond acceptors (Lipinski definition) is 7. The summed E-state index contributed by atoms with van der Waals surface area (Å²) in [5.41, 5.74) is 0.0899. The summed E-state index contributed by atoms with van der Waals surface area (Å²) in [4.78, 5) is 23.7. The molecule has 0 spiro atoms. The Morgan fingerprint density at radius 1 is 1.15 bits per heavy atom. The SMILES string of the molecule is COC(=O)c1nnc(Cl)cc1NC1CCC(NC(=O)OC(C)(C)C)CC1. The average molecular weight is 385 g/mol. The van der Waals surface area contributed by atoms with E-state index in [0.29, 0.717) is 5.69 Å². The maximum atomic E-state index is 11.9. The second-order valence-corrected chi connectivity index (χ2v) is 7.65. The van der Waals surface area contributed by atoms with E-state index in [9.17, 15) is 9.59 Å². The molecule has 0 atom stereocenters. The maximum absolute atomic E-state index is 11.9. The number of halogens is 1. The Kier molecular flexibility index (Phi) is 6.63. The van der Waals surface area contributed by atoms with Gasteiger partial charge >= 0.3 is 12.1 Å². The molecule has 1 fully saturated rings. The van der Waals surface area contributed by atoms with Crippen LogP contribution in [0.2, 0.25) is 5.15 Å². The highest BCUT2D eigenvalue weighted by atomic mass is 35.5. The molecule has 1 aliphatic rings. The van der Waals surface area contributed by atoms with Crippen LogP contribution in [0, 0.1) is 0 Å². The van der Waals surface area contributed by atoms with E-state index in [1.165, 1.54) is 7.11 Å². The molecule has 0 aromatic carbocycles. The van der Waals surface area contributed by atoms with Gasteiger partial charge in [-0.1, -0.05) is 11.6 Å². The van der Waals surface area contributed by atoms with Gasteiger partial charge in [-0.3, -0.25) is 0 Å². The minimum atomic E-state index is -0.572. The van der Waals surface area contributed by atoms with Crippen LogP contribution in [0.5, 0.6) is 0 Å². The zero-order chi connectivity index (χ0) is 19.3. The summed E-state index contributed by atoms with van der Waals surface area (Å²) in [6.07, 6.45) is 2.85. The van der Waals surface area contributed by atoms with Crippen molar-refractivity contribution in [3.63, 3.8) is 0 Å². The number of amides is 1. The quantitative estimate of drug-likeness (QED) is 0.768. The Morgan fingerprint density at radius 3 is 2.35 bits per heavy atom. The van der Waals surface area contributed by atoms with Crippen molar-refractivity contribution in [2.24, 2.45) is 0 Å². The molecule has 1 aromatic rings. The van der Waals surface area contributed by atoms with Gasteiger partial charge in [0.05, 0.1) is 12.8 Å². The van der Waals surface area contributed by atoms with E-state index < -0.39 is 17.7 Å². The third kappa shape index (κ3) is 6.01. The summed E-state index contributed by atoms with van der Waals surface area (Å²) in [7, 11) is 1.29. The normalized spacial score (nSPS) is 20.2. The summed E-state index contributed by atoms with van der Waals surface area (Å²) >= 11 is 5.89. The number of hydrogen-bond donors (Lipinski definition) is 2. The molecule has 1 aliphatic carbocycles. The number of aromatic nitrogens is 2. The number of nitrogens with one attached hydrogen (secondary N) is 2. The summed E-state index contributed by atoms with van der Waals surface area (Å²) in [5.74, 6) is -0.572. The van der Waals surface area contributed by atoms with Crippen molar-refractivity contribution in [3.05, 3.63) is 16.9 Å². The highest BCUT2D eigenvalue weighted by molar-refractivity contribution is 6.29. The van der Waals surface area contributed by atoms with E-state index in [2.05, 4.69) is 20.8 Å². The Balaban J connectivity index is 1.90. The topological polar surface area (TPSA) is 102 Å². The molecule has 0 unspecified atom stereocenters. The first-order chi connectivity index (χ1) is 12.2. The van der Waals surface area contributed by atoms with Crippen LogP contribution < -0.4 is 10.6 Å². The van der Waals surface area contributed by atoms with Crippen LogP contribution in [-0.2, 0) is 9.47 Å². The second kappa shape index (κ2) is 8.53. The fourth-order valence-corrected chi connectivity index (χ4v) is 2.95. The lowest BCUT2D eigenvalue weighted by molar-refractivity contribution is 0.0490.